The number of halogens is 2. The molecule has 0 amide bonds. The summed E-state index contributed by atoms with van der Waals surface area (Å²) in [5.41, 5.74) is 6.00. The molecule has 0 aromatic heterocycles. The smallest absolute Gasteiger partial charge is 0.288 e. The molecule has 1 aromatic carbocycles. The Morgan fingerprint density at radius 2 is 2.08 bits per heavy atom. The SMILES string of the molecule is CC1=CC=C2CC3=C(N=C2C=C1)[C@@H](O)C[C@@H]3c1ccccc1OC(F)I. The molecular weight excluding hydrogens is 444 g/mol. The van der Waals surface area contributed by atoms with E-state index in [1.807, 2.05) is 30.4 Å². The highest BCUT2D eigenvalue weighted by molar-refractivity contribution is 14.1. The first kappa shape index (κ1) is 17.7. The number of benzene rings is 1. The normalized spacial score (nSPS) is 25.6. The molecule has 1 aromatic rings. The Morgan fingerprint density at radius 1 is 1.27 bits per heavy atom. The van der Waals surface area contributed by atoms with Crippen molar-refractivity contribution >= 4 is 28.3 Å². The number of fused-ring (bicyclic) bond motifs is 1. The molecule has 134 valence electrons. The lowest BCUT2D eigenvalue weighted by atomic mass is 9.86. The van der Waals surface area contributed by atoms with Gasteiger partial charge in [-0.1, -0.05) is 42.0 Å². The van der Waals surface area contributed by atoms with Crippen LogP contribution < -0.4 is 4.74 Å². The zero-order chi connectivity index (χ0) is 18.3. The van der Waals surface area contributed by atoms with Gasteiger partial charge in [0.25, 0.3) is 4.36 Å². The zero-order valence-electron chi connectivity index (χ0n) is 14.3. The van der Waals surface area contributed by atoms with E-state index in [9.17, 15) is 9.50 Å². The van der Waals surface area contributed by atoms with E-state index < -0.39 is 10.5 Å². The average molecular weight is 463 g/mol. The predicted molar refractivity (Wildman–Crippen MR) is 109 cm³/mol. The van der Waals surface area contributed by atoms with Gasteiger partial charge in [-0.3, -0.25) is 4.99 Å². The molecule has 3 aliphatic rings. The average Bonchev–Trinajstić information content (AvgIpc) is 2.80. The van der Waals surface area contributed by atoms with Crippen molar-refractivity contribution in [2.45, 2.75) is 36.2 Å². The third-order valence-corrected chi connectivity index (χ3v) is 5.29. The van der Waals surface area contributed by atoms with Crippen molar-refractivity contribution in [1.29, 1.82) is 0 Å². The van der Waals surface area contributed by atoms with E-state index in [1.165, 1.54) is 5.57 Å². The van der Waals surface area contributed by atoms with Gasteiger partial charge in [-0.15, -0.1) is 0 Å². The standard InChI is InChI=1S/C21H19FINO2/c1-12-6-8-13-10-16-15(11-18(25)20(16)24-17(13)9-7-12)14-4-2-3-5-19(14)26-21(22)23/h2-9,15,18,21,25H,10-11H2,1H3/t15-,18+,21?/m1/s1. The Hall–Kier alpha value is -1.73. The molecule has 0 fully saturated rings. The molecular formula is C21H19FINO2. The van der Waals surface area contributed by atoms with Crippen molar-refractivity contribution < 1.29 is 14.2 Å². The number of aliphatic imine (C=N–C) groups is 1. The fraction of sp³-hybridized carbons (Fsp3) is 0.286. The van der Waals surface area contributed by atoms with E-state index in [-0.39, 0.29) is 5.92 Å². The fourth-order valence-electron chi connectivity index (χ4n) is 3.80. The van der Waals surface area contributed by atoms with E-state index in [0.717, 1.165) is 34.5 Å². The Morgan fingerprint density at radius 3 is 2.88 bits per heavy atom. The van der Waals surface area contributed by atoms with E-state index in [1.54, 1.807) is 28.7 Å². The minimum Gasteiger partial charge on any atom is -0.451 e. The Kier molecular flexibility index (Phi) is 4.84. The molecule has 1 unspecified atom stereocenters. The summed E-state index contributed by atoms with van der Waals surface area (Å²) >= 11 is 1.60. The number of hydrogen-bond acceptors (Lipinski definition) is 3. The van der Waals surface area contributed by atoms with Crippen LogP contribution in [-0.2, 0) is 0 Å². The molecule has 2 aliphatic carbocycles. The summed E-state index contributed by atoms with van der Waals surface area (Å²) in [5.74, 6) is 0.510. The van der Waals surface area contributed by atoms with Gasteiger partial charge in [-0.05, 0) is 43.1 Å². The van der Waals surface area contributed by atoms with Crippen LogP contribution in [0.4, 0.5) is 4.39 Å². The molecule has 0 radical (unpaired) electrons. The minimum absolute atomic E-state index is 0.0186. The molecule has 0 spiro atoms. The summed E-state index contributed by atoms with van der Waals surface area (Å²) < 4.78 is 17.4. The highest BCUT2D eigenvalue weighted by Crippen LogP contribution is 2.48. The summed E-state index contributed by atoms with van der Waals surface area (Å²) in [7, 11) is 0. The van der Waals surface area contributed by atoms with E-state index in [0.29, 0.717) is 12.2 Å². The van der Waals surface area contributed by atoms with Crippen molar-refractivity contribution in [1.82, 2.24) is 0 Å². The molecule has 26 heavy (non-hydrogen) atoms. The lowest BCUT2D eigenvalue weighted by Gasteiger charge is -2.22. The van der Waals surface area contributed by atoms with E-state index in [4.69, 9.17) is 9.73 Å². The quantitative estimate of drug-likeness (QED) is 0.498. The van der Waals surface area contributed by atoms with Gasteiger partial charge in [0.05, 0.1) is 17.5 Å². The maximum absolute atomic E-state index is 13.4. The van der Waals surface area contributed by atoms with Crippen molar-refractivity contribution in [3.63, 3.8) is 0 Å². The highest BCUT2D eigenvalue weighted by Gasteiger charge is 2.37. The number of aliphatic hydroxyl groups is 1. The van der Waals surface area contributed by atoms with Crippen molar-refractivity contribution in [3.05, 3.63) is 76.5 Å². The van der Waals surface area contributed by atoms with E-state index >= 15 is 0 Å². The number of rotatable bonds is 3. The van der Waals surface area contributed by atoms with Crippen molar-refractivity contribution in [2.75, 3.05) is 0 Å². The molecule has 3 nitrogen and oxygen atoms in total. The lowest BCUT2D eigenvalue weighted by Crippen LogP contribution is -2.12. The molecule has 4 rings (SSSR count). The maximum Gasteiger partial charge on any atom is 0.288 e. The number of allylic oxidation sites excluding steroid dienone is 7. The third kappa shape index (κ3) is 3.30. The molecule has 0 bridgehead atoms. The fourth-order valence-corrected chi connectivity index (χ4v) is 4.07. The first-order chi connectivity index (χ1) is 12.5. The second kappa shape index (κ2) is 7.12. The number of nitrogens with zero attached hydrogens (tertiary/aromatic N) is 1. The second-order valence-corrected chi connectivity index (χ2v) is 7.72. The van der Waals surface area contributed by atoms with Gasteiger partial charge in [0.2, 0.25) is 0 Å². The summed E-state index contributed by atoms with van der Waals surface area (Å²) in [5, 5.41) is 10.6. The second-order valence-electron chi connectivity index (χ2n) is 6.74. The lowest BCUT2D eigenvalue weighted by molar-refractivity contribution is 0.168. The van der Waals surface area contributed by atoms with Crippen LogP contribution >= 0.6 is 22.6 Å². The number of ether oxygens (including phenoxy) is 1. The molecule has 0 saturated heterocycles. The molecule has 1 aliphatic heterocycles. The first-order valence-corrected chi connectivity index (χ1v) is 9.87. The Balaban J connectivity index is 1.75. The van der Waals surface area contributed by atoms with Crippen LogP contribution in [0.15, 0.2) is 76.0 Å². The van der Waals surface area contributed by atoms with Crippen LogP contribution in [0, 0.1) is 0 Å². The van der Waals surface area contributed by atoms with Gasteiger partial charge in [0.15, 0.2) is 0 Å². The Labute approximate surface area is 165 Å². The third-order valence-electron chi connectivity index (χ3n) is 5.04. The largest absolute Gasteiger partial charge is 0.451 e. The van der Waals surface area contributed by atoms with Crippen molar-refractivity contribution in [3.8, 4) is 5.75 Å². The van der Waals surface area contributed by atoms with Crippen LogP contribution in [-0.4, -0.2) is 21.3 Å². The molecule has 1 N–H and O–H groups in total. The molecule has 0 saturated carbocycles. The summed E-state index contributed by atoms with van der Waals surface area (Å²) in [4.78, 5) is 4.75. The van der Waals surface area contributed by atoms with Crippen LogP contribution in [0.2, 0.25) is 0 Å². The summed E-state index contributed by atoms with van der Waals surface area (Å²) in [6.45, 7) is 2.05. The first-order valence-electron chi connectivity index (χ1n) is 8.62. The van der Waals surface area contributed by atoms with Gasteiger partial charge in [-0.2, -0.15) is 4.39 Å². The van der Waals surface area contributed by atoms with Gasteiger partial charge >= 0.3 is 0 Å². The number of aliphatic hydroxyl groups excluding tert-OH is 1. The predicted octanol–water partition coefficient (Wildman–Crippen LogP) is 5.14. The highest BCUT2D eigenvalue weighted by atomic mass is 127. The molecule has 3 atom stereocenters. The van der Waals surface area contributed by atoms with Crippen molar-refractivity contribution in [2.24, 2.45) is 4.99 Å². The number of alkyl halides is 2. The van der Waals surface area contributed by atoms with Gasteiger partial charge in [0, 0.05) is 34.1 Å². The van der Waals surface area contributed by atoms with Gasteiger partial charge in [-0.25, -0.2) is 0 Å². The van der Waals surface area contributed by atoms with Crippen LogP contribution in [0.25, 0.3) is 0 Å². The minimum atomic E-state index is -1.41. The van der Waals surface area contributed by atoms with Crippen LogP contribution in [0.1, 0.15) is 31.2 Å². The van der Waals surface area contributed by atoms with E-state index in [2.05, 4.69) is 19.1 Å². The molecule has 1 heterocycles. The topological polar surface area (TPSA) is 41.8 Å². The molecule has 5 heteroatoms. The summed E-state index contributed by atoms with van der Waals surface area (Å²) in [6, 6.07) is 7.49. The van der Waals surface area contributed by atoms with Gasteiger partial charge in [0.1, 0.15) is 5.75 Å². The van der Waals surface area contributed by atoms with Crippen LogP contribution in [0.3, 0.4) is 0 Å². The Bertz CT molecular complexity index is 895. The monoisotopic (exact) mass is 463 g/mol. The summed E-state index contributed by atoms with van der Waals surface area (Å²) in [6.07, 6.45) is 8.91. The van der Waals surface area contributed by atoms with Crippen LogP contribution in [0.5, 0.6) is 5.75 Å². The zero-order valence-corrected chi connectivity index (χ0v) is 16.5. The maximum atomic E-state index is 13.4. The number of hydrogen-bond donors (Lipinski definition) is 1. The number of para-hydroxylation sites is 1. The van der Waals surface area contributed by atoms with Gasteiger partial charge < -0.3 is 9.84 Å².